The number of aromatic nitrogens is 1. The maximum atomic E-state index is 12.6. The van der Waals surface area contributed by atoms with E-state index in [0.29, 0.717) is 6.07 Å². The molecular weight excluding hydrogens is 277 g/mol. The Morgan fingerprint density at radius 2 is 2.00 bits per heavy atom. The van der Waals surface area contributed by atoms with Gasteiger partial charge < -0.3 is 9.72 Å². The number of methoxy groups -OCH3 is 1. The fourth-order valence-electron chi connectivity index (χ4n) is 1.37. The number of aromatic amines is 1. The molecule has 1 N–H and O–H groups in total. The van der Waals surface area contributed by atoms with E-state index in [-0.39, 0.29) is 0 Å². The molecular formula is C10H8F5NO3. The Hall–Kier alpha value is -1.93. The highest BCUT2D eigenvalue weighted by molar-refractivity contribution is 5.72. The monoisotopic (exact) mass is 285 g/mol. The number of H-pyrrole nitrogens is 1. The quantitative estimate of drug-likeness (QED) is 0.683. The molecule has 9 heteroatoms. The molecule has 0 aromatic carbocycles. The lowest BCUT2D eigenvalue weighted by molar-refractivity contribution is -0.143. The zero-order valence-corrected chi connectivity index (χ0v) is 9.48. The van der Waals surface area contributed by atoms with Gasteiger partial charge in [0.25, 0.3) is 12.0 Å². The average Bonchev–Trinajstić information content (AvgIpc) is 2.28. The van der Waals surface area contributed by atoms with E-state index in [1.165, 1.54) is 4.98 Å². The van der Waals surface area contributed by atoms with Crippen LogP contribution in [-0.2, 0) is 22.1 Å². The summed E-state index contributed by atoms with van der Waals surface area (Å²) in [5.74, 6) is -1.04. The minimum atomic E-state index is -4.97. The summed E-state index contributed by atoms with van der Waals surface area (Å²) in [6.45, 7) is 0. The van der Waals surface area contributed by atoms with Gasteiger partial charge in [-0.25, -0.2) is 8.78 Å². The number of hydrogen-bond acceptors (Lipinski definition) is 3. The second kappa shape index (κ2) is 5.37. The third kappa shape index (κ3) is 3.52. The minimum absolute atomic E-state index is 0.364. The lowest BCUT2D eigenvalue weighted by atomic mass is 10.1. The summed E-state index contributed by atoms with van der Waals surface area (Å²) in [7, 11) is 0.940. The molecule has 1 aromatic rings. The first-order valence-corrected chi connectivity index (χ1v) is 4.85. The number of ether oxygens (including phenoxy) is 1. The summed E-state index contributed by atoms with van der Waals surface area (Å²) >= 11 is 0. The Kier molecular flexibility index (Phi) is 4.28. The molecule has 106 valence electrons. The Morgan fingerprint density at radius 1 is 1.42 bits per heavy atom. The van der Waals surface area contributed by atoms with Gasteiger partial charge >= 0.3 is 12.1 Å². The number of pyridine rings is 1. The SMILES string of the molecule is COC(=O)Cc1cc(C(F)F)c(=O)[nH]c1C(F)(F)F. The smallest absolute Gasteiger partial charge is 0.431 e. The van der Waals surface area contributed by atoms with E-state index in [4.69, 9.17) is 0 Å². The molecule has 0 aliphatic heterocycles. The van der Waals surface area contributed by atoms with Crippen molar-refractivity contribution in [2.75, 3.05) is 7.11 Å². The van der Waals surface area contributed by atoms with Crippen LogP contribution in [0.5, 0.6) is 0 Å². The van der Waals surface area contributed by atoms with Crippen LogP contribution < -0.4 is 5.56 Å². The summed E-state index contributed by atoms with van der Waals surface area (Å²) in [5.41, 5.74) is -4.98. The third-order valence-corrected chi connectivity index (χ3v) is 2.23. The molecule has 0 saturated carbocycles. The van der Waals surface area contributed by atoms with Crippen molar-refractivity contribution < 1.29 is 31.5 Å². The van der Waals surface area contributed by atoms with Crippen molar-refractivity contribution in [1.29, 1.82) is 0 Å². The van der Waals surface area contributed by atoms with Gasteiger partial charge in [-0.3, -0.25) is 9.59 Å². The van der Waals surface area contributed by atoms with E-state index < -0.39 is 47.4 Å². The van der Waals surface area contributed by atoms with Crippen LogP contribution in [0.4, 0.5) is 22.0 Å². The number of carbonyl (C=O) groups is 1. The molecule has 0 amide bonds. The molecule has 0 bridgehead atoms. The molecule has 0 aliphatic rings. The zero-order chi connectivity index (χ0) is 14.8. The van der Waals surface area contributed by atoms with Gasteiger partial charge in [0.05, 0.1) is 19.1 Å². The van der Waals surface area contributed by atoms with Crippen LogP contribution in [0.3, 0.4) is 0 Å². The summed E-state index contributed by atoms with van der Waals surface area (Å²) in [6.07, 6.45) is -9.09. The predicted octanol–water partition coefficient (Wildman–Crippen LogP) is 2.05. The van der Waals surface area contributed by atoms with Crippen molar-refractivity contribution in [3.8, 4) is 0 Å². The Balaban J connectivity index is 3.42. The van der Waals surface area contributed by atoms with Crippen molar-refractivity contribution in [2.45, 2.75) is 19.0 Å². The molecule has 1 rings (SSSR count). The first-order valence-electron chi connectivity index (χ1n) is 4.85. The molecule has 19 heavy (non-hydrogen) atoms. The van der Waals surface area contributed by atoms with Gasteiger partial charge in [-0.05, 0) is 11.6 Å². The Labute approximate surface area is 103 Å². The van der Waals surface area contributed by atoms with Gasteiger partial charge in [0.2, 0.25) is 0 Å². The molecule has 0 saturated heterocycles. The lowest BCUT2D eigenvalue weighted by Gasteiger charge is -2.13. The molecule has 0 atom stereocenters. The zero-order valence-electron chi connectivity index (χ0n) is 9.48. The van der Waals surface area contributed by atoms with Gasteiger partial charge in [-0.15, -0.1) is 0 Å². The van der Waals surface area contributed by atoms with Crippen LogP contribution >= 0.6 is 0 Å². The molecule has 0 spiro atoms. The van der Waals surface area contributed by atoms with E-state index in [9.17, 15) is 31.5 Å². The molecule has 0 radical (unpaired) electrons. The highest BCUT2D eigenvalue weighted by Gasteiger charge is 2.36. The van der Waals surface area contributed by atoms with Crippen molar-refractivity contribution in [3.63, 3.8) is 0 Å². The van der Waals surface area contributed by atoms with Crippen molar-refractivity contribution in [3.05, 3.63) is 33.2 Å². The van der Waals surface area contributed by atoms with Crippen LogP contribution in [0.1, 0.15) is 23.2 Å². The van der Waals surface area contributed by atoms with Crippen molar-refractivity contribution in [1.82, 2.24) is 4.98 Å². The molecule has 0 aliphatic carbocycles. The Bertz CT molecular complexity index is 535. The number of rotatable bonds is 3. The number of carbonyl (C=O) groups excluding carboxylic acids is 1. The normalized spacial score (nSPS) is 11.7. The molecule has 0 fully saturated rings. The number of hydrogen-bond donors (Lipinski definition) is 1. The second-order valence-corrected chi connectivity index (χ2v) is 3.51. The maximum absolute atomic E-state index is 12.6. The summed E-state index contributed by atoms with van der Waals surface area (Å²) in [5, 5.41) is 0. The third-order valence-electron chi connectivity index (χ3n) is 2.23. The second-order valence-electron chi connectivity index (χ2n) is 3.51. The number of esters is 1. The van der Waals surface area contributed by atoms with E-state index >= 15 is 0 Å². The lowest BCUT2D eigenvalue weighted by Crippen LogP contribution is -2.24. The minimum Gasteiger partial charge on any atom is -0.469 e. The largest absolute Gasteiger partial charge is 0.469 e. The fourth-order valence-corrected chi connectivity index (χ4v) is 1.37. The molecule has 4 nitrogen and oxygen atoms in total. The van der Waals surface area contributed by atoms with Gasteiger partial charge in [0.15, 0.2) is 0 Å². The van der Waals surface area contributed by atoms with Crippen LogP contribution in [0.25, 0.3) is 0 Å². The van der Waals surface area contributed by atoms with E-state index in [1.807, 2.05) is 0 Å². The van der Waals surface area contributed by atoms with Gasteiger partial charge in [-0.2, -0.15) is 13.2 Å². The van der Waals surface area contributed by atoms with E-state index in [0.717, 1.165) is 7.11 Å². The van der Waals surface area contributed by atoms with Gasteiger partial charge in [0, 0.05) is 0 Å². The van der Waals surface area contributed by atoms with E-state index in [2.05, 4.69) is 4.74 Å². The number of halogens is 5. The molecule has 1 heterocycles. The Morgan fingerprint density at radius 3 is 2.42 bits per heavy atom. The summed E-state index contributed by atoms with van der Waals surface area (Å²) in [4.78, 5) is 23.4. The fraction of sp³-hybridized carbons (Fsp3) is 0.400. The standard InChI is InChI=1S/C10H8F5NO3/c1-19-6(17)3-4-2-5(8(11)12)9(18)16-7(4)10(13,14)15/h2,8H,3H2,1H3,(H,16,18). The van der Waals surface area contributed by atoms with Gasteiger partial charge in [-0.1, -0.05) is 0 Å². The molecule has 1 aromatic heterocycles. The van der Waals surface area contributed by atoms with E-state index in [1.54, 1.807) is 0 Å². The van der Waals surface area contributed by atoms with Crippen LogP contribution in [0.2, 0.25) is 0 Å². The van der Waals surface area contributed by atoms with Crippen LogP contribution in [-0.4, -0.2) is 18.1 Å². The molecule has 0 unspecified atom stereocenters. The highest BCUT2D eigenvalue weighted by atomic mass is 19.4. The number of nitrogens with one attached hydrogen (secondary N) is 1. The highest BCUT2D eigenvalue weighted by Crippen LogP contribution is 2.31. The predicted molar refractivity (Wildman–Crippen MR) is 52.7 cm³/mol. The van der Waals surface area contributed by atoms with Gasteiger partial charge in [0.1, 0.15) is 5.69 Å². The number of alkyl halides is 5. The first kappa shape index (κ1) is 15.1. The maximum Gasteiger partial charge on any atom is 0.431 e. The van der Waals surface area contributed by atoms with Crippen LogP contribution in [0.15, 0.2) is 10.9 Å². The summed E-state index contributed by atoms with van der Waals surface area (Å²) in [6, 6.07) is 0.364. The first-order chi connectivity index (χ1) is 8.66. The average molecular weight is 285 g/mol. The topological polar surface area (TPSA) is 59.2 Å². The van der Waals surface area contributed by atoms with Crippen molar-refractivity contribution in [2.24, 2.45) is 0 Å². The van der Waals surface area contributed by atoms with Crippen molar-refractivity contribution >= 4 is 5.97 Å². The van der Waals surface area contributed by atoms with Crippen LogP contribution in [0, 0.1) is 0 Å². The summed E-state index contributed by atoms with van der Waals surface area (Å²) < 4.78 is 66.9.